The van der Waals surface area contributed by atoms with E-state index in [2.05, 4.69) is 5.10 Å². The molecule has 2 aromatic rings. The summed E-state index contributed by atoms with van der Waals surface area (Å²) in [6.45, 7) is 0. The summed E-state index contributed by atoms with van der Waals surface area (Å²) >= 11 is 7.13. The zero-order valence-electron chi connectivity index (χ0n) is 8.11. The zero-order valence-corrected chi connectivity index (χ0v) is 9.68. The predicted molar refractivity (Wildman–Crippen MR) is 60.6 cm³/mol. The van der Waals surface area contributed by atoms with Crippen LogP contribution in [0.2, 0.25) is 4.34 Å². The smallest absolute Gasteiger partial charge is 0.168 e. The number of ketones is 1. The first-order valence-electron chi connectivity index (χ1n) is 4.40. The first-order valence-corrected chi connectivity index (χ1v) is 5.65. The molecule has 78 valence electrons. The van der Waals surface area contributed by atoms with Gasteiger partial charge in [-0.3, -0.25) is 9.48 Å². The van der Waals surface area contributed by atoms with E-state index in [4.69, 9.17) is 11.6 Å². The minimum Gasteiger partial charge on any atom is -0.294 e. The van der Waals surface area contributed by atoms with E-state index in [9.17, 15) is 4.79 Å². The highest BCUT2D eigenvalue weighted by molar-refractivity contribution is 7.14. The Kier molecular flexibility index (Phi) is 2.88. The summed E-state index contributed by atoms with van der Waals surface area (Å²) in [5, 5.41) is 5.79. The molecule has 0 N–H and O–H groups in total. The summed E-state index contributed by atoms with van der Waals surface area (Å²) in [7, 11) is 1.83. The summed E-state index contributed by atoms with van der Waals surface area (Å²) in [5.74, 6) is 0.0751. The van der Waals surface area contributed by atoms with E-state index in [0.29, 0.717) is 16.3 Å². The minimum atomic E-state index is 0.0751. The number of thiophene rings is 1. The van der Waals surface area contributed by atoms with Crippen LogP contribution in [0.5, 0.6) is 0 Å². The van der Waals surface area contributed by atoms with Gasteiger partial charge in [-0.1, -0.05) is 11.6 Å². The fraction of sp³-hybridized carbons (Fsp3) is 0.200. The summed E-state index contributed by atoms with van der Waals surface area (Å²) < 4.78 is 2.33. The van der Waals surface area contributed by atoms with Crippen molar-refractivity contribution in [2.45, 2.75) is 6.42 Å². The van der Waals surface area contributed by atoms with Gasteiger partial charge in [0.25, 0.3) is 0 Å². The Balaban J connectivity index is 2.10. The first-order chi connectivity index (χ1) is 7.15. The molecular formula is C10H9ClN2OS. The lowest BCUT2D eigenvalue weighted by atomic mass is 10.1. The Morgan fingerprint density at radius 1 is 1.67 bits per heavy atom. The molecule has 0 fully saturated rings. The Morgan fingerprint density at radius 2 is 2.47 bits per heavy atom. The Hall–Kier alpha value is -1.13. The summed E-state index contributed by atoms with van der Waals surface area (Å²) in [5.41, 5.74) is 1.60. The van der Waals surface area contributed by atoms with Gasteiger partial charge >= 0.3 is 0 Å². The van der Waals surface area contributed by atoms with Crippen LogP contribution in [-0.4, -0.2) is 15.6 Å². The predicted octanol–water partition coefficient (Wildman–Crippen LogP) is 2.56. The molecule has 2 aromatic heterocycles. The first kappa shape index (κ1) is 10.4. The molecule has 0 aliphatic heterocycles. The van der Waals surface area contributed by atoms with Crippen LogP contribution in [0.15, 0.2) is 23.8 Å². The molecule has 0 saturated heterocycles. The Bertz CT molecular complexity index is 489. The highest BCUT2D eigenvalue weighted by Crippen LogP contribution is 2.21. The lowest BCUT2D eigenvalue weighted by Crippen LogP contribution is -2.00. The molecule has 15 heavy (non-hydrogen) atoms. The maximum absolute atomic E-state index is 11.7. The van der Waals surface area contributed by atoms with Gasteiger partial charge in [-0.15, -0.1) is 11.3 Å². The second kappa shape index (κ2) is 4.16. The van der Waals surface area contributed by atoms with Crippen molar-refractivity contribution in [2.24, 2.45) is 7.05 Å². The fourth-order valence-electron chi connectivity index (χ4n) is 1.31. The number of halogens is 1. The van der Waals surface area contributed by atoms with Crippen LogP contribution in [-0.2, 0) is 13.5 Å². The topological polar surface area (TPSA) is 34.9 Å². The van der Waals surface area contributed by atoms with E-state index in [1.54, 1.807) is 22.3 Å². The molecule has 2 rings (SSSR count). The van der Waals surface area contributed by atoms with Gasteiger partial charge in [0.05, 0.1) is 10.5 Å². The molecular weight excluding hydrogens is 232 g/mol. The molecule has 0 aromatic carbocycles. The third-order valence-electron chi connectivity index (χ3n) is 2.01. The molecule has 0 unspecified atom stereocenters. The quantitative estimate of drug-likeness (QED) is 0.773. The molecule has 0 amide bonds. The van der Waals surface area contributed by atoms with Crippen LogP contribution in [0.3, 0.4) is 0 Å². The van der Waals surface area contributed by atoms with Crippen LogP contribution in [0.25, 0.3) is 0 Å². The number of hydrogen-bond acceptors (Lipinski definition) is 3. The van der Waals surface area contributed by atoms with Crippen LogP contribution >= 0.6 is 22.9 Å². The summed E-state index contributed by atoms with van der Waals surface area (Å²) in [4.78, 5) is 11.7. The van der Waals surface area contributed by atoms with Crippen LogP contribution < -0.4 is 0 Å². The summed E-state index contributed by atoms with van der Waals surface area (Å²) in [6, 6.07) is 1.70. The second-order valence-corrected chi connectivity index (χ2v) is 4.80. The van der Waals surface area contributed by atoms with Gasteiger partial charge in [-0.25, -0.2) is 0 Å². The normalized spacial score (nSPS) is 10.5. The van der Waals surface area contributed by atoms with E-state index in [0.717, 1.165) is 5.56 Å². The van der Waals surface area contributed by atoms with E-state index in [1.165, 1.54) is 11.3 Å². The Labute approximate surface area is 96.3 Å². The number of hydrogen-bond donors (Lipinski definition) is 0. The van der Waals surface area contributed by atoms with Crippen LogP contribution in [0, 0.1) is 0 Å². The monoisotopic (exact) mass is 240 g/mol. The van der Waals surface area contributed by atoms with Gasteiger partial charge in [0, 0.05) is 30.6 Å². The highest BCUT2D eigenvalue weighted by Gasteiger charge is 2.09. The lowest BCUT2D eigenvalue weighted by Gasteiger charge is -1.93. The third kappa shape index (κ3) is 2.46. The number of carbonyl (C=O) groups is 1. The van der Waals surface area contributed by atoms with E-state index in [-0.39, 0.29) is 5.78 Å². The molecule has 0 radical (unpaired) electrons. The average molecular weight is 241 g/mol. The molecule has 0 bridgehead atoms. The maximum atomic E-state index is 11.7. The summed E-state index contributed by atoms with van der Waals surface area (Å²) in [6.07, 6.45) is 3.92. The van der Waals surface area contributed by atoms with Crippen LogP contribution in [0.1, 0.15) is 15.9 Å². The van der Waals surface area contributed by atoms with Crippen molar-refractivity contribution in [1.29, 1.82) is 0 Å². The number of nitrogens with zero attached hydrogens (tertiary/aromatic N) is 2. The molecule has 2 heterocycles. The molecule has 5 heteroatoms. The highest BCUT2D eigenvalue weighted by atomic mass is 35.5. The fourth-order valence-corrected chi connectivity index (χ4v) is 2.19. The molecule has 0 atom stereocenters. The zero-order chi connectivity index (χ0) is 10.8. The largest absolute Gasteiger partial charge is 0.294 e. The second-order valence-electron chi connectivity index (χ2n) is 3.26. The van der Waals surface area contributed by atoms with Gasteiger partial charge in [0.1, 0.15) is 0 Å². The standard InChI is InChI=1S/C10H9ClN2OS/c1-13-5-7(4-12-13)2-9(14)8-3-10(11)15-6-8/h3-6H,2H2,1H3. The average Bonchev–Trinajstić information content (AvgIpc) is 2.75. The molecule has 0 saturated carbocycles. The third-order valence-corrected chi connectivity index (χ3v) is 3.10. The number of carbonyl (C=O) groups excluding carboxylic acids is 1. The van der Waals surface area contributed by atoms with Crippen molar-refractivity contribution in [2.75, 3.05) is 0 Å². The van der Waals surface area contributed by atoms with Crippen molar-refractivity contribution >= 4 is 28.7 Å². The van der Waals surface area contributed by atoms with Gasteiger partial charge in [0.2, 0.25) is 0 Å². The van der Waals surface area contributed by atoms with E-state index >= 15 is 0 Å². The van der Waals surface area contributed by atoms with E-state index in [1.807, 2.05) is 13.2 Å². The van der Waals surface area contributed by atoms with Gasteiger partial charge in [0.15, 0.2) is 5.78 Å². The number of rotatable bonds is 3. The van der Waals surface area contributed by atoms with Crippen molar-refractivity contribution < 1.29 is 4.79 Å². The number of Topliss-reactive ketones (excluding diaryl/α,β-unsaturated/α-hetero) is 1. The maximum Gasteiger partial charge on any atom is 0.168 e. The van der Waals surface area contributed by atoms with Gasteiger partial charge in [-0.05, 0) is 11.6 Å². The van der Waals surface area contributed by atoms with Gasteiger partial charge in [-0.2, -0.15) is 5.10 Å². The lowest BCUT2D eigenvalue weighted by molar-refractivity contribution is 0.0993. The number of aromatic nitrogens is 2. The molecule has 0 aliphatic rings. The van der Waals surface area contributed by atoms with Crippen LogP contribution in [0.4, 0.5) is 0 Å². The minimum absolute atomic E-state index is 0.0751. The molecule has 0 spiro atoms. The molecule has 0 aliphatic carbocycles. The Morgan fingerprint density at radius 3 is 3.00 bits per heavy atom. The van der Waals surface area contributed by atoms with Crippen molar-refractivity contribution in [1.82, 2.24) is 9.78 Å². The number of aryl methyl sites for hydroxylation is 1. The van der Waals surface area contributed by atoms with Crippen molar-refractivity contribution in [3.05, 3.63) is 39.3 Å². The van der Waals surface area contributed by atoms with Crippen molar-refractivity contribution in [3.8, 4) is 0 Å². The van der Waals surface area contributed by atoms with E-state index < -0.39 is 0 Å². The SMILES string of the molecule is Cn1cc(CC(=O)c2csc(Cl)c2)cn1. The van der Waals surface area contributed by atoms with Crippen molar-refractivity contribution in [3.63, 3.8) is 0 Å². The molecule has 3 nitrogen and oxygen atoms in total. The van der Waals surface area contributed by atoms with Gasteiger partial charge < -0.3 is 0 Å².